The Morgan fingerprint density at radius 1 is 0.492 bits per heavy atom. The molecule has 42 nitrogen and oxygen atoms in total. The number of rotatable bonds is 22. The molecule has 5 aliphatic carbocycles. The summed E-state index contributed by atoms with van der Waals surface area (Å²) in [5.41, 5.74) is -7.53. The summed E-state index contributed by atoms with van der Waals surface area (Å²) in [5.74, 6) is -5.27. The summed E-state index contributed by atoms with van der Waals surface area (Å²) >= 11 is 0. The summed E-state index contributed by atoms with van der Waals surface area (Å²) in [7, 11) is 0. The summed E-state index contributed by atoms with van der Waals surface area (Å²) < 4.78 is 103. The fourth-order valence-corrected chi connectivity index (χ4v) is 22.0. The molecule has 0 radical (unpaired) electrons. The average molecular weight is 1730 g/mol. The number of carboxylic acid groups (broad SMARTS) is 1. The Morgan fingerprint density at radius 3 is 1.61 bits per heavy atom. The van der Waals surface area contributed by atoms with Gasteiger partial charge in [0, 0.05) is 6.92 Å². The summed E-state index contributed by atoms with van der Waals surface area (Å²) in [5, 5.41) is 234. The number of hydrogen-bond acceptors (Lipinski definition) is 41. The van der Waals surface area contributed by atoms with E-state index in [-0.39, 0.29) is 25.2 Å². The van der Waals surface area contributed by atoms with E-state index in [1.165, 1.54) is 20.8 Å². The van der Waals surface area contributed by atoms with E-state index < -0.39 is 334 Å². The SMILES string of the molecule is CC(=O)O[C@@H]1[C@H](O)[C@@H](O[C@@H]2O[C@@H](C)[C@H](O[C@@H]3OC[C@@H](O)[C@H](O[C@@H]4OC[C@](O)(CO)[C@@H]4O)[C@H]3O)[C@@H](O[C@@H]3O[C@H](CO)[C@@H](O)[C@H](O)[C@H]3O)[C@H]2O)[C@H](OC(=O)[C@]23CCC(C)(C)C[C@H]2C2=CC[C@@H]4[C@@]5(C)CC[C@H](O[C@@H]6O[C@H](C(=O)O)[C@@H](O)[C@H](O[C@@H]7O[C@@H](C)[C@H](O)[C@@H](O)[C@H]7O)[C@H]6O[C@@H]6O[C@H](CO)[C@H](O)[C@H](O)[C@H]6O)[C@@](C)(C=O)[C@@H]5CC[C@@]4(C)[C@]2(C)C[C@H]3O)O[C@@H]1C. The minimum atomic E-state index is -2.26. The van der Waals surface area contributed by atoms with Crippen LogP contribution in [0.2, 0.25) is 0 Å². The zero-order valence-corrected chi connectivity index (χ0v) is 68.2. The highest BCUT2D eigenvalue weighted by molar-refractivity contribution is 5.80. The number of fused-ring (bicyclic) bond motifs is 7. The molecule has 0 aromatic rings. The van der Waals surface area contributed by atoms with Crippen LogP contribution in [0.15, 0.2) is 11.6 Å². The highest BCUT2D eigenvalue weighted by atomic mass is 16.8. The number of ether oxygens (including phenoxy) is 17. The number of aliphatic hydroxyl groups excluding tert-OH is 19. The van der Waals surface area contributed by atoms with E-state index in [9.17, 15) is 122 Å². The largest absolute Gasteiger partial charge is 0.479 e. The van der Waals surface area contributed by atoms with Crippen molar-refractivity contribution >= 4 is 24.2 Å². The van der Waals surface area contributed by atoms with Crippen LogP contribution in [0.25, 0.3) is 0 Å². The molecule has 0 aromatic heterocycles. The maximum atomic E-state index is 16.2. The molecule has 13 aliphatic rings. The van der Waals surface area contributed by atoms with Crippen LogP contribution in [0.5, 0.6) is 0 Å². The number of carbonyl (C=O) groups excluding carboxylic acids is 3. The maximum absolute atomic E-state index is 16.2. The molecule has 47 atom stereocenters. The van der Waals surface area contributed by atoms with Crippen LogP contribution in [0.3, 0.4) is 0 Å². The molecule has 13 rings (SSSR count). The van der Waals surface area contributed by atoms with Gasteiger partial charge in [-0.2, -0.15) is 0 Å². The first-order valence-corrected chi connectivity index (χ1v) is 41.2. The Balaban J connectivity index is 0.778. The lowest BCUT2D eigenvalue weighted by Crippen LogP contribution is -2.69. The predicted octanol–water partition coefficient (Wildman–Crippen LogP) is -7.56. The van der Waals surface area contributed by atoms with Crippen LogP contribution >= 0.6 is 0 Å². The van der Waals surface area contributed by atoms with Crippen molar-refractivity contribution < 1.29 is 207 Å². The van der Waals surface area contributed by atoms with Gasteiger partial charge < -0.3 is 193 Å². The summed E-state index contributed by atoms with van der Waals surface area (Å²) in [6, 6.07) is 0. The Hall–Kier alpha value is -3.58. The number of aldehydes is 1. The van der Waals surface area contributed by atoms with Crippen LogP contribution in [-0.2, 0) is 99.7 Å². The molecule has 8 saturated heterocycles. The van der Waals surface area contributed by atoms with Crippen LogP contribution in [-0.4, -0.2) is 404 Å². The zero-order chi connectivity index (χ0) is 87.8. The number of carbonyl (C=O) groups is 4. The summed E-state index contributed by atoms with van der Waals surface area (Å²) in [4.78, 5) is 56.5. The molecular formula is C78H122O42. The lowest BCUT2D eigenvalue weighted by atomic mass is 9.33. The van der Waals surface area contributed by atoms with Crippen LogP contribution in [0.1, 0.15) is 127 Å². The molecule has 0 unspecified atom stereocenters. The smallest absolute Gasteiger partial charge is 0.335 e. The molecule has 0 aromatic carbocycles. The van der Waals surface area contributed by atoms with Gasteiger partial charge in [-0.25, -0.2) is 4.79 Å². The highest BCUT2D eigenvalue weighted by Gasteiger charge is 2.74. The Kier molecular flexibility index (Phi) is 27.8. The molecule has 4 saturated carbocycles. The van der Waals surface area contributed by atoms with Gasteiger partial charge in [0.2, 0.25) is 6.29 Å². The second kappa shape index (κ2) is 35.5. The fourth-order valence-electron chi connectivity index (χ4n) is 22.0. The topological polar surface area (TPSA) is 650 Å². The number of aliphatic hydroxyl groups is 20. The van der Waals surface area contributed by atoms with Crippen molar-refractivity contribution in [2.75, 3.05) is 33.0 Å². The number of allylic oxidation sites excluding steroid dienone is 2. The van der Waals surface area contributed by atoms with Gasteiger partial charge in [-0.05, 0) is 118 Å². The Labute approximate surface area is 689 Å². The lowest BCUT2D eigenvalue weighted by molar-refractivity contribution is -0.396. The molecule has 8 heterocycles. The minimum absolute atomic E-state index is 0.0341. The van der Waals surface area contributed by atoms with E-state index in [0.29, 0.717) is 38.5 Å². The van der Waals surface area contributed by atoms with E-state index in [4.69, 9.17) is 80.5 Å². The van der Waals surface area contributed by atoms with Crippen LogP contribution < -0.4 is 0 Å². The first-order chi connectivity index (χ1) is 56.2. The Bertz CT molecular complexity index is 3600. The van der Waals surface area contributed by atoms with Crippen molar-refractivity contribution in [2.45, 2.75) is 366 Å². The highest BCUT2D eigenvalue weighted by Crippen LogP contribution is 2.76. The lowest BCUT2D eigenvalue weighted by Gasteiger charge is -2.71. The van der Waals surface area contributed by atoms with Crippen molar-refractivity contribution in [1.82, 2.24) is 0 Å². The molecule has 12 fully saturated rings. The quantitative estimate of drug-likeness (QED) is 0.0207. The van der Waals surface area contributed by atoms with Crippen LogP contribution in [0.4, 0.5) is 0 Å². The molecule has 42 heteroatoms. The molecule has 8 aliphatic heterocycles. The van der Waals surface area contributed by atoms with Gasteiger partial charge in [-0.15, -0.1) is 0 Å². The number of aliphatic carboxylic acids is 1. The number of hydrogen-bond donors (Lipinski definition) is 21. The van der Waals surface area contributed by atoms with Gasteiger partial charge in [-0.1, -0.05) is 53.2 Å². The van der Waals surface area contributed by atoms with Crippen LogP contribution in [0, 0.1) is 50.2 Å². The third-order valence-electron chi connectivity index (χ3n) is 29.3. The second-order valence-electron chi connectivity index (χ2n) is 37.1. The van der Waals surface area contributed by atoms with Crippen molar-refractivity contribution in [3.63, 3.8) is 0 Å². The average Bonchev–Trinajstić information content (AvgIpc) is 0.676. The van der Waals surface area contributed by atoms with E-state index >= 15 is 4.79 Å². The van der Waals surface area contributed by atoms with Gasteiger partial charge in [0.05, 0.1) is 69.0 Å². The Morgan fingerprint density at radius 2 is 1.02 bits per heavy atom. The molecule has 686 valence electrons. The van der Waals surface area contributed by atoms with E-state index in [0.717, 1.165) is 18.8 Å². The van der Waals surface area contributed by atoms with Crippen molar-refractivity contribution in [1.29, 1.82) is 0 Å². The molecule has 120 heavy (non-hydrogen) atoms. The monoisotopic (exact) mass is 1730 g/mol. The summed E-state index contributed by atoms with van der Waals surface area (Å²) in [6.07, 6.45) is -65.6. The first-order valence-electron chi connectivity index (χ1n) is 41.2. The third kappa shape index (κ3) is 16.3. The van der Waals surface area contributed by atoms with E-state index in [1.807, 2.05) is 13.8 Å². The molecule has 0 amide bonds. The first kappa shape index (κ1) is 94.0. The fraction of sp³-hybridized carbons (Fsp3) is 0.923. The molecule has 0 bridgehead atoms. The summed E-state index contributed by atoms with van der Waals surface area (Å²) in [6.45, 7) is 13.1. The van der Waals surface area contributed by atoms with Gasteiger partial charge in [0.15, 0.2) is 62.3 Å². The molecular weight excluding hydrogens is 1610 g/mol. The van der Waals surface area contributed by atoms with E-state index in [1.54, 1.807) is 6.92 Å². The normalized spacial score (nSPS) is 54.0. The predicted molar refractivity (Wildman–Crippen MR) is 389 cm³/mol. The van der Waals surface area contributed by atoms with Crippen molar-refractivity contribution in [3.05, 3.63) is 11.6 Å². The zero-order valence-electron chi connectivity index (χ0n) is 68.2. The van der Waals surface area contributed by atoms with Gasteiger partial charge in [-0.3, -0.25) is 9.59 Å². The standard InChI is InChI=1S/C78H122O42/c1-27-40(86)43(89)46(92)64(106-27)115-56-50(96)58(62(100)101)117-69(60(56)119-66-48(94)45(91)42(88)35(22-80)111-66)112-39-14-15-73(7)36(74(39,8)24-81)13-16-75(9)37(73)12-11-31-32-19-72(5,6)17-18-78(32,38(85)20-76(31,75)10)71(102)120-68-59(49(95)53(28(2)108-68)109-30(4)83)118-67-52(98)57(116-65-47(93)44(90)41(87)34(21-79)110-65)54(29(3)107-67)113-63-51(97)55(33(84)23-104-63)114-70-61(99)77(103,25-82)26-105-70/h11,24,27-29,32-61,63-70,79-80,82,84-99,103H,12-23,25-26H2,1-10H3,(H,100,101)/t27-,28+,29-,32-,33+,34+,35+,36+,37+,38+,39-,40-,41+,42-,43+,44-,45-,46+,47+,48+,49-,50-,51+,52+,53-,54-,55-,56-,57-,58-,59+,60+,61+,63-,64-,65-,66-,67-,68-,69+,70-,73-,74-,75+,76+,77+,78+/m0/s1. The van der Waals surface area contributed by atoms with Crippen molar-refractivity contribution in [3.8, 4) is 0 Å². The minimum Gasteiger partial charge on any atom is -0.479 e. The second-order valence-corrected chi connectivity index (χ2v) is 37.1. The number of esters is 2. The number of carboxylic acids is 1. The van der Waals surface area contributed by atoms with Crippen molar-refractivity contribution in [2.24, 2.45) is 50.2 Å². The van der Waals surface area contributed by atoms with Gasteiger partial charge in [0.1, 0.15) is 152 Å². The van der Waals surface area contributed by atoms with Gasteiger partial charge in [0.25, 0.3) is 0 Å². The molecule has 0 spiro atoms. The third-order valence-corrected chi connectivity index (χ3v) is 29.3. The maximum Gasteiger partial charge on any atom is 0.335 e. The molecule has 21 N–H and O–H groups in total. The van der Waals surface area contributed by atoms with E-state index in [2.05, 4.69) is 26.8 Å². The van der Waals surface area contributed by atoms with Gasteiger partial charge >= 0.3 is 17.9 Å².